The van der Waals surface area contributed by atoms with Gasteiger partial charge in [0.25, 0.3) is 5.91 Å². The van der Waals surface area contributed by atoms with Gasteiger partial charge in [-0.1, -0.05) is 22.6 Å². The number of carbonyl (C=O) groups is 1. The van der Waals surface area contributed by atoms with Crippen LogP contribution in [-0.2, 0) is 0 Å². The van der Waals surface area contributed by atoms with Gasteiger partial charge in [-0.3, -0.25) is 4.79 Å². The molecule has 0 unspecified atom stereocenters. The van der Waals surface area contributed by atoms with Gasteiger partial charge in [0.1, 0.15) is 0 Å². The molecule has 1 amide bonds. The summed E-state index contributed by atoms with van der Waals surface area (Å²) in [6.07, 6.45) is 1.56. The Morgan fingerprint density at radius 3 is 2.69 bits per heavy atom. The molecular formula is C21H20N4O3S. The zero-order valence-electron chi connectivity index (χ0n) is 16.2. The molecule has 0 bridgehead atoms. The number of anilines is 1. The van der Waals surface area contributed by atoms with Crippen LogP contribution in [0, 0.1) is 13.8 Å². The molecule has 0 radical (unpaired) electrons. The Labute approximate surface area is 171 Å². The minimum atomic E-state index is -0.123. The lowest BCUT2D eigenvalue weighted by Crippen LogP contribution is -2.48. The van der Waals surface area contributed by atoms with Crippen LogP contribution >= 0.6 is 11.3 Å². The van der Waals surface area contributed by atoms with Crippen LogP contribution in [0.1, 0.15) is 21.6 Å². The fourth-order valence-corrected chi connectivity index (χ4v) is 4.86. The maximum absolute atomic E-state index is 12.8. The van der Waals surface area contributed by atoms with Crippen LogP contribution in [-0.4, -0.2) is 47.1 Å². The fourth-order valence-electron chi connectivity index (χ4n) is 3.67. The Balaban J connectivity index is 1.28. The molecule has 0 N–H and O–H groups in total. The summed E-state index contributed by atoms with van der Waals surface area (Å²) < 4.78 is 11.8. The van der Waals surface area contributed by atoms with Crippen molar-refractivity contribution >= 4 is 32.6 Å². The average molecular weight is 408 g/mol. The monoisotopic (exact) mass is 408 g/mol. The smallest absolute Gasteiger partial charge is 0.276 e. The minimum Gasteiger partial charge on any atom is -0.461 e. The quantitative estimate of drug-likeness (QED) is 0.508. The van der Waals surface area contributed by atoms with E-state index in [9.17, 15) is 4.79 Å². The number of carbonyl (C=O) groups excluding carboxylic acids is 1. The maximum atomic E-state index is 12.8. The lowest BCUT2D eigenvalue weighted by Gasteiger charge is -2.34. The molecule has 4 aromatic rings. The van der Waals surface area contributed by atoms with E-state index < -0.39 is 0 Å². The third-order valence-electron chi connectivity index (χ3n) is 5.15. The first kappa shape index (κ1) is 17.9. The predicted molar refractivity (Wildman–Crippen MR) is 111 cm³/mol. The average Bonchev–Trinajstić information content (AvgIpc) is 3.46. The maximum Gasteiger partial charge on any atom is 0.276 e. The number of fused-ring (bicyclic) bond motifs is 1. The van der Waals surface area contributed by atoms with Gasteiger partial charge in [0, 0.05) is 32.2 Å². The summed E-state index contributed by atoms with van der Waals surface area (Å²) in [7, 11) is 0. The van der Waals surface area contributed by atoms with Crippen LogP contribution in [0.3, 0.4) is 0 Å². The van der Waals surface area contributed by atoms with Gasteiger partial charge >= 0.3 is 0 Å². The van der Waals surface area contributed by atoms with Crippen LogP contribution in [0.25, 0.3) is 21.7 Å². The number of aromatic nitrogens is 2. The molecule has 1 fully saturated rings. The number of piperazine rings is 1. The van der Waals surface area contributed by atoms with Gasteiger partial charge < -0.3 is 18.7 Å². The highest BCUT2D eigenvalue weighted by atomic mass is 32.1. The van der Waals surface area contributed by atoms with E-state index in [1.165, 1.54) is 15.8 Å². The second-order valence-corrected chi connectivity index (χ2v) is 8.27. The molecular weight excluding hydrogens is 388 g/mol. The highest BCUT2D eigenvalue weighted by Gasteiger charge is 2.26. The third kappa shape index (κ3) is 3.29. The number of aryl methyl sites for hydroxylation is 2. The number of amides is 1. The molecule has 1 saturated heterocycles. The summed E-state index contributed by atoms with van der Waals surface area (Å²) in [4.78, 5) is 21.7. The second kappa shape index (κ2) is 7.04. The lowest BCUT2D eigenvalue weighted by molar-refractivity contribution is 0.0736. The van der Waals surface area contributed by atoms with E-state index in [0.717, 1.165) is 23.7 Å². The Bertz CT molecular complexity index is 1170. The molecule has 0 saturated carbocycles. The van der Waals surface area contributed by atoms with E-state index in [0.29, 0.717) is 30.3 Å². The summed E-state index contributed by atoms with van der Waals surface area (Å²) in [5.74, 6) is 0.891. The molecule has 8 heteroatoms. The summed E-state index contributed by atoms with van der Waals surface area (Å²) >= 11 is 1.71. The van der Waals surface area contributed by atoms with Crippen molar-refractivity contribution in [2.75, 3.05) is 31.1 Å². The summed E-state index contributed by atoms with van der Waals surface area (Å²) in [6.45, 7) is 6.94. The fraction of sp³-hybridized carbons (Fsp3) is 0.286. The molecule has 1 aliphatic heterocycles. The zero-order chi connectivity index (χ0) is 20.0. The van der Waals surface area contributed by atoms with Gasteiger partial charge in [-0.2, -0.15) is 0 Å². The van der Waals surface area contributed by atoms with Crippen LogP contribution < -0.4 is 4.90 Å². The molecule has 3 aromatic heterocycles. The Kier molecular flexibility index (Phi) is 4.35. The predicted octanol–water partition coefficient (Wildman–Crippen LogP) is 4.12. The minimum absolute atomic E-state index is 0.123. The highest BCUT2D eigenvalue weighted by Crippen LogP contribution is 2.32. The van der Waals surface area contributed by atoms with Crippen molar-refractivity contribution in [2.24, 2.45) is 0 Å². The van der Waals surface area contributed by atoms with Gasteiger partial charge in [-0.25, -0.2) is 4.98 Å². The van der Waals surface area contributed by atoms with Gasteiger partial charge in [0.2, 0.25) is 5.76 Å². The first-order valence-corrected chi connectivity index (χ1v) is 10.3. The Morgan fingerprint density at radius 2 is 1.93 bits per heavy atom. The van der Waals surface area contributed by atoms with Gasteiger partial charge in [-0.05, 0) is 43.2 Å². The molecule has 4 heterocycles. The van der Waals surface area contributed by atoms with Crippen LogP contribution in [0.5, 0.6) is 0 Å². The van der Waals surface area contributed by atoms with Crippen LogP contribution in [0.2, 0.25) is 0 Å². The topological polar surface area (TPSA) is 75.6 Å². The van der Waals surface area contributed by atoms with Crippen molar-refractivity contribution in [3.8, 4) is 11.5 Å². The van der Waals surface area contributed by atoms with Crippen molar-refractivity contribution < 1.29 is 13.7 Å². The number of furan rings is 1. The third-order valence-corrected chi connectivity index (χ3v) is 6.21. The van der Waals surface area contributed by atoms with E-state index >= 15 is 0 Å². The van der Waals surface area contributed by atoms with Crippen molar-refractivity contribution in [3.63, 3.8) is 0 Å². The van der Waals surface area contributed by atoms with Gasteiger partial charge in [0.15, 0.2) is 16.6 Å². The number of hydrogen-bond donors (Lipinski definition) is 0. The lowest BCUT2D eigenvalue weighted by atomic mass is 10.1. The van der Waals surface area contributed by atoms with Gasteiger partial charge in [-0.15, -0.1) is 0 Å². The van der Waals surface area contributed by atoms with Gasteiger partial charge in [0.05, 0.1) is 16.5 Å². The standard InChI is InChI=1S/C21H20N4O3S/c1-13-10-14(2)19-18(11-13)29-21(22-19)25-7-5-24(6-8-25)20(26)15-12-17(28-23-15)16-4-3-9-27-16/h3-4,9-12H,5-8H2,1-2H3. The molecule has 0 atom stereocenters. The number of thiazole rings is 1. The zero-order valence-corrected chi connectivity index (χ0v) is 17.0. The number of nitrogens with zero attached hydrogens (tertiary/aromatic N) is 4. The van der Waals surface area contributed by atoms with Crippen molar-refractivity contribution in [2.45, 2.75) is 13.8 Å². The molecule has 1 aromatic carbocycles. The molecule has 0 spiro atoms. The normalized spacial score (nSPS) is 14.7. The van der Waals surface area contributed by atoms with Crippen LogP contribution in [0.15, 0.2) is 45.5 Å². The first-order valence-electron chi connectivity index (χ1n) is 9.51. The Hall–Kier alpha value is -3.13. The summed E-state index contributed by atoms with van der Waals surface area (Å²) in [5, 5.41) is 4.94. The highest BCUT2D eigenvalue weighted by molar-refractivity contribution is 7.22. The second-order valence-electron chi connectivity index (χ2n) is 7.26. The molecule has 5 rings (SSSR count). The number of rotatable bonds is 3. The van der Waals surface area contributed by atoms with Crippen LogP contribution in [0.4, 0.5) is 5.13 Å². The van der Waals surface area contributed by atoms with E-state index in [-0.39, 0.29) is 5.91 Å². The molecule has 0 aliphatic carbocycles. The summed E-state index contributed by atoms with van der Waals surface area (Å²) in [6, 6.07) is 9.52. The molecule has 1 aliphatic rings. The van der Waals surface area contributed by atoms with Crippen molar-refractivity contribution in [1.82, 2.24) is 15.0 Å². The molecule has 148 valence electrons. The molecule has 7 nitrogen and oxygen atoms in total. The largest absolute Gasteiger partial charge is 0.461 e. The summed E-state index contributed by atoms with van der Waals surface area (Å²) in [5.41, 5.74) is 3.83. The number of hydrogen-bond acceptors (Lipinski definition) is 7. The Morgan fingerprint density at radius 1 is 1.10 bits per heavy atom. The SMILES string of the molecule is Cc1cc(C)c2nc(N3CCN(C(=O)c4cc(-c5ccco5)on4)CC3)sc2c1. The van der Waals surface area contributed by atoms with E-state index in [2.05, 4.69) is 36.0 Å². The van der Waals surface area contributed by atoms with Crippen molar-refractivity contribution in [1.29, 1.82) is 0 Å². The van der Waals surface area contributed by atoms with Crippen molar-refractivity contribution in [3.05, 3.63) is 53.4 Å². The van der Waals surface area contributed by atoms with E-state index in [4.69, 9.17) is 13.9 Å². The van der Waals surface area contributed by atoms with E-state index in [1.807, 2.05) is 4.90 Å². The van der Waals surface area contributed by atoms with E-state index in [1.54, 1.807) is 35.8 Å². The molecule has 29 heavy (non-hydrogen) atoms. The first-order chi connectivity index (χ1) is 14.1. The number of benzene rings is 1.